The molecule has 1 aliphatic rings. The molecule has 0 aliphatic heterocycles. The lowest BCUT2D eigenvalue weighted by Gasteiger charge is -2.20. The summed E-state index contributed by atoms with van der Waals surface area (Å²) in [6.45, 7) is 5.32. The smallest absolute Gasteiger partial charge is 0.0767 e. The molecule has 0 saturated heterocycles. The summed E-state index contributed by atoms with van der Waals surface area (Å²) in [5.74, 6) is 1.22. The third-order valence-electron chi connectivity index (χ3n) is 3.87. The van der Waals surface area contributed by atoms with Crippen molar-refractivity contribution >= 4 is 27.7 Å². The Bertz CT molecular complexity index is 419. The molecule has 19 heavy (non-hydrogen) atoms. The van der Waals surface area contributed by atoms with Crippen molar-refractivity contribution in [2.45, 2.75) is 57.4 Å². The molecular weight excluding hydrogens is 322 g/mol. The molecule has 1 heterocycles. The van der Waals surface area contributed by atoms with Gasteiger partial charge in [0.15, 0.2) is 0 Å². The van der Waals surface area contributed by atoms with E-state index in [-0.39, 0.29) is 0 Å². The third kappa shape index (κ3) is 3.56. The Morgan fingerprint density at radius 2 is 2.21 bits per heavy atom. The number of hydrogen-bond donors (Lipinski definition) is 1. The summed E-state index contributed by atoms with van der Waals surface area (Å²) in [5, 5.41) is 9.09. The number of aromatic nitrogens is 2. The summed E-state index contributed by atoms with van der Waals surface area (Å²) < 4.78 is 3.19. The van der Waals surface area contributed by atoms with E-state index in [4.69, 9.17) is 0 Å². The fraction of sp³-hybridized carbons (Fsp3) is 0.786. The zero-order valence-corrected chi connectivity index (χ0v) is 14.5. The zero-order chi connectivity index (χ0) is 13.8. The molecule has 108 valence electrons. The van der Waals surface area contributed by atoms with Crippen LogP contribution in [0, 0.1) is 0 Å². The van der Waals surface area contributed by atoms with Crippen molar-refractivity contribution in [3.63, 3.8) is 0 Å². The van der Waals surface area contributed by atoms with E-state index in [9.17, 15) is 0 Å². The van der Waals surface area contributed by atoms with Crippen LogP contribution in [0.5, 0.6) is 0 Å². The van der Waals surface area contributed by atoms with E-state index in [1.54, 1.807) is 0 Å². The molecule has 3 nitrogen and oxygen atoms in total. The molecule has 0 amide bonds. The number of aryl methyl sites for hydroxylation is 2. The highest BCUT2D eigenvalue weighted by Gasteiger charge is 2.27. The third-order valence-corrected chi connectivity index (χ3v) is 6.11. The number of nitrogens with zero attached hydrogens (tertiary/aromatic N) is 2. The first kappa shape index (κ1) is 15.4. The summed E-state index contributed by atoms with van der Waals surface area (Å²) in [6, 6.07) is 0.664. The Morgan fingerprint density at radius 3 is 2.84 bits per heavy atom. The quantitative estimate of drug-likeness (QED) is 0.855. The van der Waals surface area contributed by atoms with Crippen LogP contribution in [-0.4, -0.2) is 26.8 Å². The van der Waals surface area contributed by atoms with Gasteiger partial charge in [-0.3, -0.25) is 4.68 Å². The van der Waals surface area contributed by atoms with E-state index in [1.807, 2.05) is 11.7 Å². The SMILES string of the molecule is CCSC1CCCC1NCc1c(Br)c(CC)nn1C. The van der Waals surface area contributed by atoms with Gasteiger partial charge >= 0.3 is 0 Å². The lowest BCUT2D eigenvalue weighted by atomic mass is 10.2. The highest BCUT2D eigenvalue weighted by molar-refractivity contribution is 9.10. The van der Waals surface area contributed by atoms with Crippen molar-refractivity contribution in [2.75, 3.05) is 5.75 Å². The van der Waals surface area contributed by atoms with Crippen LogP contribution < -0.4 is 5.32 Å². The lowest BCUT2D eigenvalue weighted by Crippen LogP contribution is -2.34. The largest absolute Gasteiger partial charge is 0.307 e. The molecule has 2 unspecified atom stereocenters. The molecule has 0 bridgehead atoms. The minimum atomic E-state index is 0.664. The standard InChI is InChI=1S/C14H24BrN3S/c1-4-10-14(15)12(18(3)17-10)9-16-11-7-6-8-13(11)19-5-2/h11,13,16H,4-9H2,1-3H3. The maximum atomic E-state index is 4.55. The second kappa shape index (κ2) is 7.14. The first-order chi connectivity index (χ1) is 9.17. The molecule has 2 atom stereocenters. The normalized spacial score (nSPS) is 23.2. The van der Waals surface area contributed by atoms with Gasteiger partial charge in [-0.05, 0) is 40.9 Å². The van der Waals surface area contributed by atoms with Gasteiger partial charge in [0.25, 0.3) is 0 Å². The summed E-state index contributed by atoms with van der Waals surface area (Å²) in [7, 11) is 2.04. The number of rotatable bonds is 6. The van der Waals surface area contributed by atoms with E-state index >= 15 is 0 Å². The van der Waals surface area contributed by atoms with Crippen molar-refractivity contribution in [3.8, 4) is 0 Å². The predicted molar refractivity (Wildman–Crippen MR) is 86.7 cm³/mol. The Morgan fingerprint density at radius 1 is 1.42 bits per heavy atom. The second-order valence-corrected chi connectivity index (χ2v) is 7.41. The van der Waals surface area contributed by atoms with Gasteiger partial charge < -0.3 is 5.32 Å². The van der Waals surface area contributed by atoms with Gasteiger partial charge in [0, 0.05) is 24.9 Å². The second-order valence-electron chi connectivity index (χ2n) is 5.10. The van der Waals surface area contributed by atoms with Gasteiger partial charge in [-0.1, -0.05) is 20.3 Å². The molecule has 0 spiro atoms. The molecule has 1 aromatic rings. The number of thioether (sulfide) groups is 1. The Hall–Kier alpha value is 0. The number of hydrogen-bond acceptors (Lipinski definition) is 3. The van der Waals surface area contributed by atoms with Crippen LogP contribution in [0.3, 0.4) is 0 Å². The van der Waals surface area contributed by atoms with Crippen LogP contribution in [0.15, 0.2) is 4.47 Å². The fourth-order valence-electron chi connectivity index (χ4n) is 2.81. The highest BCUT2D eigenvalue weighted by atomic mass is 79.9. The van der Waals surface area contributed by atoms with Crippen molar-refractivity contribution in [2.24, 2.45) is 7.05 Å². The highest BCUT2D eigenvalue weighted by Crippen LogP contribution is 2.30. The summed E-state index contributed by atoms with van der Waals surface area (Å²) >= 11 is 5.79. The first-order valence-corrected chi connectivity index (χ1v) is 9.06. The minimum Gasteiger partial charge on any atom is -0.307 e. The van der Waals surface area contributed by atoms with Crippen LogP contribution in [0.25, 0.3) is 0 Å². The molecule has 1 aromatic heterocycles. The Kier molecular flexibility index (Phi) is 5.78. The lowest BCUT2D eigenvalue weighted by molar-refractivity contribution is 0.513. The minimum absolute atomic E-state index is 0.664. The van der Waals surface area contributed by atoms with Gasteiger partial charge in [-0.2, -0.15) is 16.9 Å². The summed E-state index contributed by atoms with van der Waals surface area (Å²) in [5.41, 5.74) is 2.43. The van der Waals surface area contributed by atoms with Crippen molar-refractivity contribution in [3.05, 3.63) is 15.9 Å². The molecule has 1 fully saturated rings. The van der Waals surface area contributed by atoms with Gasteiger partial charge in [-0.15, -0.1) is 0 Å². The number of halogens is 1. The maximum absolute atomic E-state index is 4.55. The van der Waals surface area contributed by atoms with Gasteiger partial charge in [0.1, 0.15) is 0 Å². The van der Waals surface area contributed by atoms with Crippen molar-refractivity contribution in [1.29, 1.82) is 0 Å². The zero-order valence-electron chi connectivity index (χ0n) is 12.1. The molecule has 0 radical (unpaired) electrons. The average molecular weight is 346 g/mol. The van der Waals surface area contributed by atoms with Crippen molar-refractivity contribution < 1.29 is 0 Å². The Balaban J connectivity index is 1.97. The average Bonchev–Trinajstić information content (AvgIpc) is 2.93. The van der Waals surface area contributed by atoms with E-state index < -0.39 is 0 Å². The van der Waals surface area contributed by atoms with E-state index in [1.165, 1.54) is 35.2 Å². The molecule has 1 aliphatic carbocycles. The summed E-state index contributed by atoms with van der Waals surface area (Å²) in [4.78, 5) is 0. The van der Waals surface area contributed by atoms with Crippen molar-refractivity contribution in [1.82, 2.24) is 15.1 Å². The predicted octanol–water partition coefficient (Wildman–Crippen LogP) is 3.51. The van der Waals surface area contributed by atoms with Crippen LogP contribution in [0.2, 0.25) is 0 Å². The molecular formula is C14H24BrN3S. The Labute approximate surface area is 129 Å². The van der Waals surface area contributed by atoms with E-state index in [0.717, 1.165) is 23.9 Å². The topological polar surface area (TPSA) is 29.9 Å². The first-order valence-electron chi connectivity index (χ1n) is 7.22. The van der Waals surface area contributed by atoms with Crippen LogP contribution in [-0.2, 0) is 20.0 Å². The van der Waals surface area contributed by atoms with Crippen LogP contribution in [0.1, 0.15) is 44.5 Å². The van der Waals surface area contributed by atoms with Crippen LogP contribution in [0.4, 0.5) is 0 Å². The van der Waals surface area contributed by atoms with Gasteiger partial charge in [-0.25, -0.2) is 0 Å². The van der Waals surface area contributed by atoms with E-state index in [0.29, 0.717) is 6.04 Å². The summed E-state index contributed by atoms with van der Waals surface area (Å²) in [6.07, 6.45) is 5.02. The molecule has 5 heteroatoms. The van der Waals surface area contributed by atoms with Gasteiger partial charge in [0.2, 0.25) is 0 Å². The molecule has 1 N–H and O–H groups in total. The maximum Gasteiger partial charge on any atom is 0.0767 e. The van der Waals surface area contributed by atoms with Crippen LogP contribution >= 0.6 is 27.7 Å². The van der Waals surface area contributed by atoms with Gasteiger partial charge in [0.05, 0.1) is 15.9 Å². The molecule has 1 saturated carbocycles. The molecule has 0 aromatic carbocycles. The number of nitrogens with one attached hydrogen (secondary N) is 1. The molecule has 2 rings (SSSR count). The fourth-order valence-corrected chi connectivity index (χ4v) is 4.80. The van der Waals surface area contributed by atoms with E-state index in [2.05, 4.69) is 52.0 Å². The monoisotopic (exact) mass is 345 g/mol.